The maximum atomic E-state index is 6.68. The van der Waals surface area contributed by atoms with Crippen LogP contribution in [0.5, 0.6) is 0 Å². The molecule has 14 heavy (non-hydrogen) atoms. The zero-order chi connectivity index (χ0) is 10.9. The van der Waals surface area contributed by atoms with Crippen LogP contribution in [0.15, 0.2) is 0 Å². The van der Waals surface area contributed by atoms with Crippen molar-refractivity contribution in [1.82, 2.24) is 0 Å². The average Bonchev–Trinajstić information content (AvgIpc) is 2.21. The molecule has 0 unspecified atom stereocenters. The van der Waals surface area contributed by atoms with Crippen LogP contribution < -0.4 is 0 Å². The standard InChI is InChI=1S/C13H27Cl/c1-4-7-10-13(14,11-8-5-2)12-9-6-3/h4-12H2,1-3H3. The van der Waals surface area contributed by atoms with Crippen molar-refractivity contribution in [2.45, 2.75) is 83.4 Å². The van der Waals surface area contributed by atoms with Gasteiger partial charge in [-0.1, -0.05) is 59.3 Å². The van der Waals surface area contributed by atoms with Gasteiger partial charge in [-0.2, -0.15) is 0 Å². The van der Waals surface area contributed by atoms with E-state index in [1.165, 1.54) is 57.8 Å². The molecule has 0 saturated carbocycles. The van der Waals surface area contributed by atoms with Gasteiger partial charge in [-0.25, -0.2) is 0 Å². The first-order valence-electron chi connectivity index (χ1n) is 6.37. The summed E-state index contributed by atoms with van der Waals surface area (Å²) in [5.74, 6) is 0. The summed E-state index contributed by atoms with van der Waals surface area (Å²) in [5, 5.41) is 0. The van der Waals surface area contributed by atoms with Gasteiger partial charge in [0.05, 0.1) is 0 Å². The van der Waals surface area contributed by atoms with Crippen LogP contribution in [0.1, 0.15) is 78.6 Å². The molecule has 86 valence electrons. The minimum absolute atomic E-state index is 0.127. The predicted octanol–water partition coefficient (Wildman–Crippen LogP) is 5.53. The lowest BCUT2D eigenvalue weighted by Crippen LogP contribution is -2.21. The molecule has 0 fully saturated rings. The van der Waals surface area contributed by atoms with Gasteiger partial charge in [-0.15, -0.1) is 11.6 Å². The monoisotopic (exact) mass is 218 g/mol. The highest BCUT2D eigenvalue weighted by Gasteiger charge is 2.24. The zero-order valence-corrected chi connectivity index (χ0v) is 11.0. The topological polar surface area (TPSA) is 0 Å². The van der Waals surface area contributed by atoms with Crippen LogP contribution in [0.25, 0.3) is 0 Å². The quantitative estimate of drug-likeness (QED) is 0.446. The normalized spacial score (nSPS) is 12.0. The van der Waals surface area contributed by atoms with Gasteiger partial charge in [-0.3, -0.25) is 0 Å². The second kappa shape index (κ2) is 8.59. The van der Waals surface area contributed by atoms with Gasteiger partial charge in [0.1, 0.15) is 0 Å². The summed E-state index contributed by atoms with van der Waals surface area (Å²) in [4.78, 5) is 0.127. The lowest BCUT2D eigenvalue weighted by molar-refractivity contribution is 0.416. The zero-order valence-electron chi connectivity index (χ0n) is 10.2. The second-order valence-corrected chi connectivity index (χ2v) is 5.26. The highest BCUT2D eigenvalue weighted by Crippen LogP contribution is 2.33. The van der Waals surface area contributed by atoms with E-state index in [0.717, 1.165) is 0 Å². The molecule has 0 aromatic carbocycles. The molecular weight excluding hydrogens is 192 g/mol. The van der Waals surface area contributed by atoms with Crippen LogP contribution in [0.3, 0.4) is 0 Å². The van der Waals surface area contributed by atoms with Crippen molar-refractivity contribution < 1.29 is 0 Å². The molecule has 1 heteroatoms. The van der Waals surface area contributed by atoms with Crippen LogP contribution in [0.4, 0.5) is 0 Å². The second-order valence-electron chi connectivity index (χ2n) is 4.46. The maximum absolute atomic E-state index is 6.68. The smallest absolute Gasteiger partial charge is 0.0446 e. The first-order chi connectivity index (χ1) is 6.68. The average molecular weight is 219 g/mol. The number of hydrogen-bond donors (Lipinski definition) is 0. The molecule has 0 nitrogen and oxygen atoms in total. The minimum atomic E-state index is 0.127. The third-order valence-corrected chi connectivity index (χ3v) is 3.50. The summed E-state index contributed by atoms with van der Waals surface area (Å²) < 4.78 is 0. The minimum Gasteiger partial charge on any atom is -0.119 e. The molecule has 0 aliphatic rings. The van der Waals surface area contributed by atoms with Crippen molar-refractivity contribution >= 4 is 11.6 Å². The molecule has 0 atom stereocenters. The van der Waals surface area contributed by atoms with Gasteiger partial charge in [0.15, 0.2) is 0 Å². The van der Waals surface area contributed by atoms with Gasteiger partial charge >= 0.3 is 0 Å². The van der Waals surface area contributed by atoms with Crippen LogP contribution in [0.2, 0.25) is 0 Å². The Labute approximate surface area is 95.4 Å². The fourth-order valence-electron chi connectivity index (χ4n) is 1.86. The molecule has 0 N–H and O–H groups in total. The lowest BCUT2D eigenvalue weighted by Gasteiger charge is -2.27. The van der Waals surface area contributed by atoms with Crippen molar-refractivity contribution in [2.24, 2.45) is 0 Å². The van der Waals surface area contributed by atoms with E-state index in [1.807, 2.05) is 0 Å². The molecule has 0 bridgehead atoms. The third kappa shape index (κ3) is 6.70. The van der Waals surface area contributed by atoms with E-state index in [4.69, 9.17) is 11.6 Å². The largest absolute Gasteiger partial charge is 0.119 e. The lowest BCUT2D eigenvalue weighted by atomic mass is 9.90. The fraction of sp³-hybridized carbons (Fsp3) is 1.00. The van der Waals surface area contributed by atoms with E-state index in [2.05, 4.69) is 20.8 Å². The molecule has 0 aliphatic heterocycles. The fourth-order valence-corrected chi connectivity index (χ4v) is 2.26. The molecule has 0 spiro atoms. The van der Waals surface area contributed by atoms with Crippen molar-refractivity contribution in [3.05, 3.63) is 0 Å². The summed E-state index contributed by atoms with van der Waals surface area (Å²) >= 11 is 6.68. The number of unbranched alkanes of at least 4 members (excludes halogenated alkanes) is 3. The SMILES string of the molecule is CCCCC(Cl)(CCCC)CCCC. The Morgan fingerprint density at radius 2 is 1.00 bits per heavy atom. The van der Waals surface area contributed by atoms with Crippen LogP contribution in [-0.4, -0.2) is 4.87 Å². The van der Waals surface area contributed by atoms with Crippen molar-refractivity contribution in [2.75, 3.05) is 0 Å². The van der Waals surface area contributed by atoms with Crippen LogP contribution >= 0.6 is 11.6 Å². The Balaban J connectivity index is 3.89. The Hall–Kier alpha value is 0.290. The first-order valence-corrected chi connectivity index (χ1v) is 6.75. The number of alkyl halides is 1. The van der Waals surface area contributed by atoms with Crippen LogP contribution in [0, 0.1) is 0 Å². The summed E-state index contributed by atoms with van der Waals surface area (Å²) in [7, 11) is 0. The van der Waals surface area contributed by atoms with Crippen molar-refractivity contribution in [3.63, 3.8) is 0 Å². The highest BCUT2D eigenvalue weighted by molar-refractivity contribution is 6.23. The molecule has 0 amide bonds. The summed E-state index contributed by atoms with van der Waals surface area (Å²) in [5.41, 5.74) is 0. The van der Waals surface area contributed by atoms with Crippen molar-refractivity contribution in [1.29, 1.82) is 0 Å². The van der Waals surface area contributed by atoms with Gasteiger partial charge in [0.25, 0.3) is 0 Å². The molecule has 0 rings (SSSR count). The van der Waals surface area contributed by atoms with Gasteiger partial charge in [0.2, 0.25) is 0 Å². The van der Waals surface area contributed by atoms with E-state index in [1.54, 1.807) is 0 Å². The summed E-state index contributed by atoms with van der Waals surface area (Å²) in [6.45, 7) is 6.74. The van der Waals surface area contributed by atoms with Crippen LogP contribution in [-0.2, 0) is 0 Å². The number of halogens is 1. The Morgan fingerprint density at radius 1 is 0.714 bits per heavy atom. The Bertz CT molecular complexity index is 98.6. The Morgan fingerprint density at radius 3 is 1.21 bits per heavy atom. The van der Waals surface area contributed by atoms with E-state index < -0.39 is 0 Å². The molecule has 0 radical (unpaired) electrons. The highest BCUT2D eigenvalue weighted by atomic mass is 35.5. The molecule has 0 aromatic heterocycles. The van der Waals surface area contributed by atoms with Gasteiger partial charge in [-0.05, 0) is 19.3 Å². The van der Waals surface area contributed by atoms with E-state index >= 15 is 0 Å². The van der Waals surface area contributed by atoms with E-state index in [0.29, 0.717) is 0 Å². The molecular formula is C13H27Cl. The van der Waals surface area contributed by atoms with E-state index in [-0.39, 0.29) is 4.87 Å². The Kier molecular flexibility index (Phi) is 8.76. The van der Waals surface area contributed by atoms with Gasteiger partial charge < -0.3 is 0 Å². The molecule has 0 heterocycles. The summed E-state index contributed by atoms with van der Waals surface area (Å²) in [6.07, 6.45) is 11.3. The number of rotatable bonds is 9. The van der Waals surface area contributed by atoms with Gasteiger partial charge in [0, 0.05) is 4.87 Å². The summed E-state index contributed by atoms with van der Waals surface area (Å²) in [6, 6.07) is 0. The third-order valence-electron chi connectivity index (χ3n) is 2.94. The molecule has 0 aromatic rings. The van der Waals surface area contributed by atoms with Crippen molar-refractivity contribution in [3.8, 4) is 0 Å². The first kappa shape index (κ1) is 14.3. The van der Waals surface area contributed by atoms with E-state index in [9.17, 15) is 0 Å². The maximum Gasteiger partial charge on any atom is 0.0446 e. The number of hydrogen-bond acceptors (Lipinski definition) is 0. The predicted molar refractivity (Wildman–Crippen MR) is 67.2 cm³/mol. The molecule has 0 aliphatic carbocycles. The molecule has 0 saturated heterocycles.